The molecule has 0 radical (unpaired) electrons. The summed E-state index contributed by atoms with van der Waals surface area (Å²) >= 11 is 6.04. The van der Waals surface area contributed by atoms with Crippen LogP contribution < -0.4 is 5.32 Å². The third-order valence-electron chi connectivity index (χ3n) is 3.19. The van der Waals surface area contributed by atoms with Crippen molar-refractivity contribution in [2.75, 3.05) is 5.32 Å². The van der Waals surface area contributed by atoms with Crippen LogP contribution in [0.4, 0.5) is 5.82 Å². The van der Waals surface area contributed by atoms with Crippen LogP contribution in [0.5, 0.6) is 0 Å². The van der Waals surface area contributed by atoms with E-state index >= 15 is 0 Å². The molecule has 0 unspecified atom stereocenters. The largest absolute Gasteiger partial charge is 0.481 e. The molecular weight excluding hydrogens is 254 g/mol. The summed E-state index contributed by atoms with van der Waals surface area (Å²) in [7, 11) is 0. The van der Waals surface area contributed by atoms with Gasteiger partial charge in [-0.15, -0.1) is 0 Å². The molecule has 5 nitrogen and oxygen atoms in total. The van der Waals surface area contributed by atoms with Crippen LogP contribution in [0.25, 0.3) is 0 Å². The molecule has 1 aliphatic rings. The number of nitrogens with one attached hydrogen (secondary N) is 1. The smallest absolute Gasteiger partial charge is 0.305 e. The Bertz CT molecular complexity index is 521. The Morgan fingerprint density at radius 2 is 2.39 bits per heavy atom. The van der Waals surface area contributed by atoms with E-state index in [1.807, 2.05) is 6.07 Å². The van der Waals surface area contributed by atoms with Gasteiger partial charge in [0, 0.05) is 11.7 Å². The van der Waals surface area contributed by atoms with E-state index in [-0.39, 0.29) is 11.4 Å². The number of anilines is 1. The van der Waals surface area contributed by atoms with E-state index in [0.717, 1.165) is 19.3 Å². The Kier molecular flexibility index (Phi) is 3.39. The van der Waals surface area contributed by atoms with E-state index in [4.69, 9.17) is 22.0 Å². The van der Waals surface area contributed by atoms with Gasteiger partial charge in [-0.05, 0) is 25.3 Å². The predicted octanol–water partition coefficient (Wildman–Crippen LogP) is 2.42. The second-order valence-corrected chi connectivity index (χ2v) is 4.84. The summed E-state index contributed by atoms with van der Waals surface area (Å²) in [4.78, 5) is 14.9. The van der Waals surface area contributed by atoms with Crippen molar-refractivity contribution in [1.29, 1.82) is 5.26 Å². The number of nitriles is 1. The number of nitrogens with zero attached hydrogens (tertiary/aromatic N) is 2. The number of aliphatic carboxylic acids is 1. The molecular formula is C12H12ClN3O2. The van der Waals surface area contributed by atoms with Crippen molar-refractivity contribution in [1.82, 2.24) is 4.98 Å². The molecule has 0 aliphatic heterocycles. The van der Waals surface area contributed by atoms with Crippen molar-refractivity contribution < 1.29 is 9.90 Å². The van der Waals surface area contributed by atoms with Gasteiger partial charge >= 0.3 is 5.97 Å². The minimum Gasteiger partial charge on any atom is -0.481 e. The molecule has 1 saturated carbocycles. The van der Waals surface area contributed by atoms with E-state index in [0.29, 0.717) is 11.4 Å². The van der Waals surface area contributed by atoms with Crippen LogP contribution in [0.15, 0.2) is 12.3 Å². The average Bonchev–Trinajstić information content (AvgIpc) is 2.28. The first-order valence-electron chi connectivity index (χ1n) is 5.61. The number of hydrogen-bond donors (Lipinski definition) is 2. The molecule has 6 heteroatoms. The maximum absolute atomic E-state index is 10.9. The van der Waals surface area contributed by atoms with Gasteiger partial charge in [-0.25, -0.2) is 4.98 Å². The van der Waals surface area contributed by atoms with E-state index in [9.17, 15) is 4.79 Å². The van der Waals surface area contributed by atoms with Crippen molar-refractivity contribution in [3.8, 4) is 6.07 Å². The maximum atomic E-state index is 10.9. The first-order valence-corrected chi connectivity index (χ1v) is 5.99. The quantitative estimate of drug-likeness (QED) is 0.873. The second kappa shape index (κ2) is 4.83. The normalized spacial score (nSPS) is 16.4. The number of carboxylic acid groups (broad SMARTS) is 1. The molecule has 0 aromatic carbocycles. The van der Waals surface area contributed by atoms with Crippen molar-refractivity contribution in [2.24, 2.45) is 0 Å². The lowest BCUT2D eigenvalue weighted by molar-refractivity contribution is -0.138. The summed E-state index contributed by atoms with van der Waals surface area (Å²) in [6.07, 6.45) is 4.04. The van der Waals surface area contributed by atoms with E-state index in [1.165, 1.54) is 12.3 Å². The second-order valence-electron chi connectivity index (χ2n) is 4.46. The Labute approximate surface area is 109 Å². The molecule has 1 aromatic rings. The Morgan fingerprint density at radius 3 is 2.89 bits per heavy atom. The van der Waals surface area contributed by atoms with Gasteiger partial charge in [0.1, 0.15) is 16.9 Å². The average molecular weight is 266 g/mol. The zero-order valence-corrected chi connectivity index (χ0v) is 10.4. The molecule has 2 N–H and O–H groups in total. The van der Waals surface area contributed by atoms with Gasteiger partial charge in [0.2, 0.25) is 0 Å². The van der Waals surface area contributed by atoms with Crippen LogP contribution in [0.1, 0.15) is 31.2 Å². The van der Waals surface area contributed by atoms with Crippen LogP contribution in [0.3, 0.4) is 0 Å². The topological polar surface area (TPSA) is 86.0 Å². The van der Waals surface area contributed by atoms with Crippen LogP contribution in [0, 0.1) is 11.3 Å². The Hall–Kier alpha value is -1.80. The molecule has 0 spiro atoms. The molecule has 1 aromatic heterocycles. The molecule has 1 fully saturated rings. The van der Waals surface area contributed by atoms with Gasteiger partial charge in [0.25, 0.3) is 0 Å². The molecule has 18 heavy (non-hydrogen) atoms. The minimum absolute atomic E-state index is 0.0296. The first kappa shape index (κ1) is 12.7. The number of carboxylic acids is 1. The lowest BCUT2D eigenvalue weighted by atomic mass is 9.74. The molecule has 1 aliphatic carbocycles. The van der Waals surface area contributed by atoms with Crippen molar-refractivity contribution in [3.63, 3.8) is 0 Å². The summed E-state index contributed by atoms with van der Waals surface area (Å²) < 4.78 is 0. The molecule has 0 amide bonds. The summed E-state index contributed by atoms with van der Waals surface area (Å²) in [6.45, 7) is 0. The van der Waals surface area contributed by atoms with E-state index in [2.05, 4.69) is 10.3 Å². The number of pyridine rings is 1. The van der Waals surface area contributed by atoms with Crippen molar-refractivity contribution in [2.45, 2.75) is 31.2 Å². The number of rotatable bonds is 4. The van der Waals surface area contributed by atoms with Gasteiger partial charge in [-0.2, -0.15) is 5.26 Å². The predicted molar refractivity (Wildman–Crippen MR) is 66.4 cm³/mol. The SMILES string of the molecule is N#Cc1ccnc(NC2(CC(=O)O)CCC2)c1Cl. The van der Waals surface area contributed by atoms with Gasteiger partial charge in [0.05, 0.1) is 12.0 Å². The molecule has 2 rings (SSSR count). The van der Waals surface area contributed by atoms with Crippen LogP contribution in [-0.2, 0) is 4.79 Å². The number of carbonyl (C=O) groups is 1. The minimum atomic E-state index is -0.852. The highest BCUT2D eigenvalue weighted by atomic mass is 35.5. The fourth-order valence-corrected chi connectivity index (χ4v) is 2.31. The summed E-state index contributed by atoms with van der Waals surface area (Å²) in [5.41, 5.74) is -0.143. The fourth-order valence-electron chi connectivity index (χ4n) is 2.11. The highest BCUT2D eigenvalue weighted by Gasteiger charge is 2.39. The molecule has 0 bridgehead atoms. The monoisotopic (exact) mass is 265 g/mol. The standard InChI is InChI=1S/C12H12ClN3O2/c13-10-8(7-14)2-5-15-11(10)16-12(3-1-4-12)6-9(17)18/h2,5H,1,3-4,6H2,(H,15,16)(H,17,18). The lowest BCUT2D eigenvalue weighted by Crippen LogP contribution is -2.47. The van der Waals surface area contributed by atoms with Gasteiger partial charge in [-0.1, -0.05) is 11.6 Å². The molecule has 94 valence electrons. The molecule has 0 saturated heterocycles. The fraction of sp³-hybridized carbons (Fsp3) is 0.417. The van der Waals surface area contributed by atoms with E-state index < -0.39 is 11.5 Å². The summed E-state index contributed by atoms with van der Waals surface area (Å²) in [6, 6.07) is 3.50. The van der Waals surface area contributed by atoms with E-state index in [1.54, 1.807) is 0 Å². The molecule has 0 atom stereocenters. The summed E-state index contributed by atoms with van der Waals surface area (Å²) in [5, 5.41) is 21.1. The maximum Gasteiger partial charge on any atom is 0.305 e. The van der Waals surface area contributed by atoms with Crippen LogP contribution in [0.2, 0.25) is 5.02 Å². The number of aromatic nitrogens is 1. The number of hydrogen-bond acceptors (Lipinski definition) is 4. The Morgan fingerprint density at radius 1 is 1.67 bits per heavy atom. The summed E-state index contributed by atoms with van der Waals surface area (Å²) in [5.74, 6) is -0.466. The Balaban J connectivity index is 2.23. The third-order valence-corrected chi connectivity index (χ3v) is 3.58. The van der Waals surface area contributed by atoms with Crippen molar-refractivity contribution in [3.05, 3.63) is 22.8 Å². The lowest BCUT2D eigenvalue weighted by Gasteiger charge is -2.42. The molecule has 1 heterocycles. The zero-order valence-electron chi connectivity index (χ0n) is 9.61. The zero-order chi connectivity index (χ0) is 13.2. The number of halogens is 1. The van der Waals surface area contributed by atoms with Crippen LogP contribution >= 0.6 is 11.6 Å². The first-order chi connectivity index (χ1) is 8.56. The van der Waals surface area contributed by atoms with Crippen LogP contribution in [-0.4, -0.2) is 21.6 Å². The third kappa shape index (κ3) is 2.39. The van der Waals surface area contributed by atoms with Gasteiger partial charge in [-0.3, -0.25) is 4.79 Å². The highest BCUT2D eigenvalue weighted by molar-refractivity contribution is 6.34. The van der Waals surface area contributed by atoms with Crippen molar-refractivity contribution >= 4 is 23.4 Å². The van der Waals surface area contributed by atoms with Gasteiger partial charge < -0.3 is 10.4 Å². The van der Waals surface area contributed by atoms with Gasteiger partial charge in [0.15, 0.2) is 0 Å². The highest BCUT2D eigenvalue weighted by Crippen LogP contribution is 2.39.